The number of ether oxygens (including phenoxy) is 2. The van der Waals surface area contributed by atoms with Crippen molar-refractivity contribution < 1.29 is 9.47 Å². The van der Waals surface area contributed by atoms with Crippen LogP contribution < -0.4 is 5.32 Å². The van der Waals surface area contributed by atoms with E-state index >= 15 is 0 Å². The highest BCUT2D eigenvalue weighted by atomic mass is 16.5. The second-order valence-corrected chi connectivity index (χ2v) is 4.25. The van der Waals surface area contributed by atoms with E-state index in [-0.39, 0.29) is 0 Å². The van der Waals surface area contributed by atoms with Gasteiger partial charge in [0, 0.05) is 26.3 Å². The Morgan fingerprint density at radius 3 is 3.07 bits per heavy atom. The average molecular weight is 215 g/mol. The summed E-state index contributed by atoms with van der Waals surface area (Å²) >= 11 is 0. The summed E-state index contributed by atoms with van der Waals surface area (Å²) in [6.45, 7) is 7.88. The molecule has 1 saturated heterocycles. The van der Waals surface area contributed by atoms with Crippen molar-refractivity contribution in [2.24, 2.45) is 5.92 Å². The molecule has 0 spiro atoms. The average Bonchev–Trinajstić information content (AvgIpc) is 2.29. The van der Waals surface area contributed by atoms with Crippen molar-refractivity contribution in [3.63, 3.8) is 0 Å². The SMILES string of the molecule is CCCCOCCNCC1CCCOC1. The fourth-order valence-electron chi connectivity index (χ4n) is 1.77. The molecule has 1 heterocycles. The Morgan fingerprint density at radius 1 is 1.40 bits per heavy atom. The van der Waals surface area contributed by atoms with Crippen LogP contribution in [-0.4, -0.2) is 39.5 Å². The third-order valence-electron chi connectivity index (χ3n) is 2.75. The van der Waals surface area contributed by atoms with E-state index in [4.69, 9.17) is 9.47 Å². The molecule has 0 amide bonds. The first-order valence-corrected chi connectivity index (χ1v) is 6.29. The monoisotopic (exact) mass is 215 g/mol. The highest BCUT2D eigenvalue weighted by Gasteiger charge is 2.12. The quantitative estimate of drug-likeness (QED) is 0.627. The summed E-state index contributed by atoms with van der Waals surface area (Å²) in [5.74, 6) is 0.717. The van der Waals surface area contributed by atoms with Gasteiger partial charge in [0.2, 0.25) is 0 Å². The van der Waals surface area contributed by atoms with E-state index in [1.165, 1.54) is 25.7 Å². The van der Waals surface area contributed by atoms with Gasteiger partial charge in [-0.2, -0.15) is 0 Å². The molecule has 15 heavy (non-hydrogen) atoms. The minimum atomic E-state index is 0.717. The Balaban J connectivity index is 1.79. The van der Waals surface area contributed by atoms with Crippen molar-refractivity contribution in [3.8, 4) is 0 Å². The van der Waals surface area contributed by atoms with Crippen LogP contribution in [0.4, 0.5) is 0 Å². The first kappa shape index (κ1) is 12.9. The lowest BCUT2D eigenvalue weighted by Crippen LogP contribution is -2.31. The van der Waals surface area contributed by atoms with Crippen LogP contribution in [0.2, 0.25) is 0 Å². The Kier molecular flexibility index (Phi) is 7.88. The van der Waals surface area contributed by atoms with Crippen molar-refractivity contribution in [2.75, 3.05) is 39.5 Å². The Hall–Kier alpha value is -0.120. The second kappa shape index (κ2) is 9.13. The molecule has 0 saturated carbocycles. The van der Waals surface area contributed by atoms with Gasteiger partial charge < -0.3 is 14.8 Å². The molecule has 90 valence electrons. The summed E-state index contributed by atoms with van der Waals surface area (Å²) in [6.07, 6.45) is 4.92. The van der Waals surface area contributed by atoms with Crippen LogP contribution >= 0.6 is 0 Å². The van der Waals surface area contributed by atoms with E-state index < -0.39 is 0 Å². The summed E-state index contributed by atoms with van der Waals surface area (Å²) in [4.78, 5) is 0. The normalized spacial score (nSPS) is 21.8. The lowest BCUT2D eigenvalue weighted by Gasteiger charge is -2.22. The van der Waals surface area contributed by atoms with Gasteiger partial charge in [-0.3, -0.25) is 0 Å². The molecule has 3 nitrogen and oxygen atoms in total. The smallest absolute Gasteiger partial charge is 0.0590 e. The fraction of sp³-hybridized carbons (Fsp3) is 1.00. The van der Waals surface area contributed by atoms with Crippen LogP contribution in [0, 0.1) is 5.92 Å². The molecule has 1 aliphatic rings. The molecular weight excluding hydrogens is 190 g/mol. The predicted octanol–water partition coefficient (Wildman–Crippen LogP) is 1.82. The fourth-order valence-corrected chi connectivity index (χ4v) is 1.77. The zero-order valence-corrected chi connectivity index (χ0v) is 9.96. The standard InChI is InChI=1S/C12H25NO2/c1-2-3-7-14-9-6-13-10-12-5-4-8-15-11-12/h12-13H,2-11H2,1H3. The van der Waals surface area contributed by atoms with Crippen molar-refractivity contribution in [1.29, 1.82) is 0 Å². The summed E-state index contributed by atoms with van der Waals surface area (Å²) in [5.41, 5.74) is 0. The molecule has 1 unspecified atom stereocenters. The number of unbranched alkanes of at least 4 members (excludes halogenated alkanes) is 1. The first-order chi connectivity index (χ1) is 7.43. The number of nitrogens with one attached hydrogen (secondary N) is 1. The van der Waals surface area contributed by atoms with Crippen LogP contribution in [-0.2, 0) is 9.47 Å². The largest absolute Gasteiger partial charge is 0.381 e. The van der Waals surface area contributed by atoms with E-state index in [1.54, 1.807) is 0 Å². The predicted molar refractivity (Wildman–Crippen MR) is 62.1 cm³/mol. The minimum absolute atomic E-state index is 0.717. The Bertz CT molecular complexity index is 136. The minimum Gasteiger partial charge on any atom is -0.381 e. The summed E-state index contributed by atoms with van der Waals surface area (Å²) in [7, 11) is 0. The molecule has 1 atom stereocenters. The van der Waals surface area contributed by atoms with Gasteiger partial charge in [0.1, 0.15) is 0 Å². The van der Waals surface area contributed by atoms with Crippen molar-refractivity contribution >= 4 is 0 Å². The lowest BCUT2D eigenvalue weighted by molar-refractivity contribution is 0.0535. The van der Waals surface area contributed by atoms with Crippen LogP contribution in [0.25, 0.3) is 0 Å². The molecule has 0 aromatic carbocycles. The topological polar surface area (TPSA) is 30.5 Å². The maximum Gasteiger partial charge on any atom is 0.0590 e. The molecule has 1 N–H and O–H groups in total. The molecule has 0 aliphatic carbocycles. The Labute approximate surface area is 93.5 Å². The third-order valence-corrected chi connectivity index (χ3v) is 2.75. The van der Waals surface area contributed by atoms with Crippen LogP contribution in [0.5, 0.6) is 0 Å². The van der Waals surface area contributed by atoms with Gasteiger partial charge in [-0.1, -0.05) is 13.3 Å². The molecule has 0 bridgehead atoms. The number of hydrogen-bond donors (Lipinski definition) is 1. The maximum atomic E-state index is 5.47. The van der Waals surface area contributed by atoms with E-state index in [2.05, 4.69) is 12.2 Å². The molecule has 3 heteroatoms. The summed E-state index contributed by atoms with van der Waals surface area (Å²) < 4.78 is 10.9. The molecule has 0 aromatic rings. The third kappa shape index (κ3) is 6.88. The van der Waals surface area contributed by atoms with E-state index in [0.29, 0.717) is 0 Å². The lowest BCUT2D eigenvalue weighted by atomic mass is 10.0. The van der Waals surface area contributed by atoms with Crippen LogP contribution in [0.1, 0.15) is 32.6 Å². The second-order valence-electron chi connectivity index (χ2n) is 4.25. The van der Waals surface area contributed by atoms with E-state index in [9.17, 15) is 0 Å². The highest BCUT2D eigenvalue weighted by molar-refractivity contribution is 4.65. The number of hydrogen-bond acceptors (Lipinski definition) is 3. The van der Waals surface area contributed by atoms with E-state index in [0.717, 1.165) is 45.4 Å². The van der Waals surface area contributed by atoms with Crippen molar-refractivity contribution in [1.82, 2.24) is 5.32 Å². The van der Waals surface area contributed by atoms with Crippen LogP contribution in [0.15, 0.2) is 0 Å². The van der Waals surface area contributed by atoms with Gasteiger partial charge in [0.05, 0.1) is 13.2 Å². The highest BCUT2D eigenvalue weighted by Crippen LogP contribution is 2.11. The van der Waals surface area contributed by atoms with Crippen LogP contribution in [0.3, 0.4) is 0 Å². The molecule has 1 fully saturated rings. The van der Waals surface area contributed by atoms with Gasteiger partial charge in [-0.15, -0.1) is 0 Å². The van der Waals surface area contributed by atoms with Gasteiger partial charge in [0.15, 0.2) is 0 Å². The summed E-state index contributed by atoms with van der Waals surface area (Å²) in [6, 6.07) is 0. The van der Waals surface area contributed by atoms with Gasteiger partial charge in [-0.25, -0.2) is 0 Å². The molecule has 1 aliphatic heterocycles. The Morgan fingerprint density at radius 2 is 2.33 bits per heavy atom. The zero-order chi connectivity index (χ0) is 10.8. The van der Waals surface area contributed by atoms with Crippen molar-refractivity contribution in [3.05, 3.63) is 0 Å². The zero-order valence-electron chi connectivity index (χ0n) is 9.96. The number of rotatable bonds is 8. The molecule has 1 rings (SSSR count). The molecule has 0 aromatic heterocycles. The van der Waals surface area contributed by atoms with Gasteiger partial charge in [0.25, 0.3) is 0 Å². The first-order valence-electron chi connectivity index (χ1n) is 6.29. The van der Waals surface area contributed by atoms with Crippen molar-refractivity contribution in [2.45, 2.75) is 32.6 Å². The van der Waals surface area contributed by atoms with Gasteiger partial charge in [-0.05, 0) is 25.2 Å². The summed E-state index contributed by atoms with van der Waals surface area (Å²) in [5, 5.41) is 3.43. The maximum absolute atomic E-state index is 5.47. The van der Waals surface area contributed by atoms with Gasteiger partial charge >= 0.3 is 0 Å². The van der Waals surface area contributed by atoms with E-state index in [1.807, 2.05) is 0 Å². The molecule has 0 radical (unpaired) electrons. The molecular formula is C12H25NO2.